The van der Waals surface area contributed by atoms with Gasteiger partial charge in [-0.1, -0.05) is 0 Å². The summed E-state index contributed by atoms with van der Waals surface area (Å²) in [5, 5.41) is 0. The molecule has 51 valence electrons. The fourth-order valence-corrected chi connectivity index (χ4v) is 0.783. The first-order valence-electron chi connectivity index (χ1n) is 2.54. The van der Waals surface area contributed by atoms with Crippen LogP contribution in [0.2, 0.25) is 0 Å². The van der Waals surface area contributed by atoms with E-state index in [9.17, 15) is 4.79 Å². The maximum Gasteiger partial charge on any atom is 0.222 e. The maximum absolute atomic E-state index is 10.5. The third kappa shape index (κ3) is 1.49. The van der Waals surface area contributed by atoms with E-state index in [1.807, 2.05) is 7.05 Å². The molecule has 1 aliphatic rings. The summed E-state index contributed by atoms with van der Waals surface area (Å²) in [6.45, 7) is 0.957. The molecule has 0 aromatic carbocycles. The fraction of sp³-hybridized carbons (Fsp3) is 0.800. The second-order valence-electron chi connectivity index (χ2n) is 1.92. The first kappa shape index (κ1) is 7.99. The number of amides is 1. The Kier molecular flexibility index (Phi) is 3.10. The van der Waals surface area contributed by atoms with Crippen LogP contribution < -0.4 is 0 Å². The van der Waals surface area contributed by atoms with E-state index in [0.717, 1.165) is 19.4 Å². The molecule has 3 heteroatoms. The number of hydrogen-bond acceptors (Lipinski definition) is 1. The molecule has 0 atom stereocenters. The first-order chi connectivity index (χ1) is 3.30. The molecule has 0 spiro atoms. The second kappa shape index (κ2) is 3.10. The molecule has 0 bridgehead atoms. The Morgan fingerprint density at radius 1 is 1.62 bits per heavy atom. The Hall–Kier alpha value is -0.0105. The molecule has 1 saturated heterocycles. The van der Waals surface area contributed by atoms with Gasteiger partial charge < -0.3 is 4.90 Å². The molecule has 1 rings (SSSR count). The van der Waals surface area contributed by atoms with E-state index in [4.69, 9.17) is 0 Å². The molecule has 1 aliphatic heterocycles. The molecule has 0 aliphatic carbocycles. The van der Waals surface area contributed by atoms with E-state index in [2.05, 4.69) is 0 Å². The molecule has 8 heavy (non-hydrogen) atoms. The number of carbonyl (C=O) groups excluding carboxylic acids is 1. The van der Waals surface area contributed by atoms with Crippen LogP contribution in [0.25, 0.3) is 0 Å². The van der Waals surface area contributed by atoms with Crippen molar-refractivity contribution >= 4 is 5.91 Å². The summed E-state index contributed by atoms with van der Waals surface area (Å²) in [4.78, 5) is 12.3. The minimum absolute atomic E-state index is 0. The molecule has 0 saturated carbocycles. The van der Waals surface area contributed by atoms with Crippen molar-refractivity contribution in [3.63, 3.8) is 0 Å². The van der Waals surface area contributed by atoms with Crippen molar-refractivity contribution < 1.29 is 21.9 Å². The molecule has 0 aromatic heterocycles. The normalized spacial score (nSPS) is 18.6. The van der Waals surface area contributed by atoms with E-state index in [-0.39, 0.29) is 17.1 Å². The van der Waals surface area contributed by atoms with Gasteiger partial charge in [0, 0.05) is 37.1 Å². The smallest absolute Gasteiger partial charge is 0.222 e. The summed E-state index contributed by atoms with van der Waals surface area (Å²) in [6, 6.07) is 0. The first-order valence-corrected chi connectivity index (χ1v) is 2.54. The van der Waals surface area contributed by atoms with E-state index in [1.54, 1.807) is 4.90 Å². The standard InChI is InChI=1S/C5H9NO.Cu/c1-6-4-2-3-5(6)7;/h2-4H2,1H3;. The van der Waals surface area contributed by atoms with Crippen LogP contribution in [-0.4, -0.2) is 24.4 Å². The molecule has 1 fully saturated rings. The monoisotopic (exact) mass is 162 g/mol. The average molecular weight is 163 g/mol. The zero-order valence-electron chi connectivity index (χ0n) is 4.78. The van der Waals surface area contributed by atoms with Gasteiger partial charge in [-0.05, 0) is 6.42 Å². The topological polar surface area (TPSA) is 20.3 Å². The van der Waals surface area contributed by atoms with Crippen LogP contribution in [-0.2, 0) is 21.9 Å². The number of nitrogens with zero attached hydrogens (tertiary/aromatic N) is 1. The van der Waals surface area contributed by atoms with Gasteiger partial charge >= 0.3 is 0 Å². The van der Waals surface area contributed by atoms with Crippen molar-refractivity contribution in [1.82, 2.24) is 4.90 Å². The van der Waals surface area contributed by atoms with Crippen molar-refractivity contribution in [2.75, 3.05) is 13.6 Å². The third-order valence-electron chi connectivity index (χ3n) is 1.31. The molecule has 0 unspecified atom stereocenters. The number of likely N-dealkylation sites (tertiary alicyclic amines) is 1. The molecule has 1 radical (unpaired) electrons. The SMILES string of the molecule is CN1CCCC1=O.[Cu]. The summed E-state index contributed by atoms with van der Waals surface area (Å²) in [5.41, 5.74) is 0. The van der Waals surface area contributed by atoms with Crippen molar-refractivity contribution in [1.29, 1.82) is 0 Å². The van der Waals surface area contributed by atoms with Crippen molar-refractivity contribution in [2.24, 2.45) is 0 Å². The molecular formula is C5H9CuNO. The third-order valence-corrected chi connectivity index (χ3v) is 1.31. The molecule has 0 aromatic rings. The van der Waals surface area contributed by atoms with Crippen LogP contribution in [0.4, 0.5) is 0 Å². The largest absolute Gasteiger partial charge is 0.346 e. The van der Waals surface area contributed by atoms with E-state index in [0.29, 0.717) is 5.91 Å². The predicted octanol–water partition coefficient (Wildman–Crippen LogP) is 0.236. The zero-order chi connectivity index (χ0) is 5.28. The zero-order valence-corrected chi connectivity index (χ0v) is 5.72. The van der Waals surface area contributed by atoms with Gasteiger partial charge in [0.25, 0.3) is 0 Å². The van der Waals surface area contributed by atoms with Crippen LogP contribution in [0.1, 0.15) is 12.8 Å². The summed E-state index contributed by atoms with van der Waals surface area (Å²) in [6.07, 6.45) is 1.81. The van der Waals surface area contributed by atoms with Crippen molar-refractivity contribution in [2.45, 2.75) is 12.8 Å². The van der Waals surface area contributed by atoms with E-state index < -0.39 is 0 Å². The maximum atomic E-state index is 10.5. The minimum Gasteiger partial charge on any atom is -0.346 e. The van der Waals surface area contributed by atoms with E-state index in [1.165, 1.54) is 0 Å². The van der Waals surface area contributed by atoms with Crippen LogP contribution in [0.15, 0.2) is 0 Å². The van der Waals surface area contributed by atoms with Gasteiger partial charge in [-0.25, -0.2) is 0 Å². The summed E-state index contributed by atoms with van der Waals surface area (Å²) in [5.74, 6) is 0.292. The Balaban J connectivity index is 0.000000490. The number of carbonyl (C=O) groups is 1. The Bertz CT molecular complexity index is 94.4. The Morgan fingerprint density at radius 2 is 2.25 bits per heavy atom. The van der Waals surface area contributed by atoms with Crippen LogP contribution in [0, 0.1) is 0 Å². The van der Waals surface area contributed by atoms with E-state index >= 15 is 0 Å². The average Bonchev–Trinajstić information content (AvgIpc) is 1.91. The van der Waals surface area contributed by atoms with Crippen molar-refractivity contribution in [3.8, 4) is 0 Å². The number of rotatable bonds is 0. The molecular weight excluding hydrogens is 154 g/mol. The molecule has 2 nitrogen and oxygen atoms in total. The van der Waals surface area contributed by atoms with Crippen LogP contribution in [0.5, 0.6) is 0 Å². The van der Waals surface area contributed by atoms with Gasteiger partial charge in [-0.3, -0.25) is 4.79 Å². The predicted molar refractivity (Wildman–Crippen MR) is 26.9 cm³/mol. The minimum atomic E-state index is 0. The van der Waals surface area contributed by atoms with Gasteiger partial charge in [0.05, 0.1) is 0 Å². The number of hydrogen-bond donors (Lipinski definition) is 0. The van der Waals surface area contributed by atoms with Gasteiger partial charge in [0.1, 0.15) is 0 Å². The second-order valence-corrected chi connectivity index (χ2v) is 1.92. The fourth-order valence-electron chi connectivity index (χ4n) is 0.783. The Morgan fingerprint density at radius 3 is 2.38 bits per heavy atom. The van der Waals surface area contributed by atoms with Crippen LogP contribution in [0.3, 0.4) is 0 Å². The quantitative estimate of drug-likeness (QED) is 0.468. The van der Waals surface area contributed by atoms with Gasteiger partial charge in [0.2, 0.25) is 5.91 Å². The summed E-state index contributed by atoms with van der Waals surface area (Å²) < 4.78 is 0. The summed E-state index contributed by atoms with van der Waals surface area (Å²) in [7, 11) is 1.84. The van der Waals surface area contributed by atoms with Gasteiger partial charge in [-0.15, -0.1) is 0 Å². The van der Waals surface area contributed by atoms with Gasteiger partial charge in [0.15, 0.2) is 0 Å². The Labute approximate surface area is 59.7 Å². The van der Waals surface area contributed by atoms with Crippen LogP contribution >= 0.6 is 0 Å². The van der Waals surface area contributed by atoms with Crippen molar-refractivity contribution in [3.05, 3.63) is 0 Å². The molecule has 1 heterocycles. The molecule has 0 N–H and O–H groups in total. The molecule has 1 amide bonds. The summed E-state index contributed by atoms with van der Waals surface area (Å²) >= 11 is 0. The van der Waals surface area contributed by atoms with Gasteiger partial charge in [-0.2, -0.15) is 0 Å².